The van der Waals surface area contributed by atoms with Gasteiger partial charge in [0.25, 0.3) is 0 Å². The largest absolute Gasteiger partial charge is 0.315 e. The van der Waals surface area contributed by atoms with E-state index in [2.05, 4.69) is 57.8 Å². The third-order valence-corrected chi connectivity index (χ3v) is 4.05. The van der Waals surface area contributed by atoms with Crippen molar-refractivity contribution in [3.8, 4) is 0 Å². The minimum absolute atomic E-state index is 0.348. The number of nitrogens with one attached hydrogen (secondary N) is 1. The third kappa shape index (κ3) is 4.40. The molecule has 1 N–H and O–H groups in total. The van der Waals surface area contributed by atoms with Crippen molar-refractivity contribution in [1.82, 2.24) is 10.2 Å². The molecule has 18 heavy (non-hydrogen) atoms. The monoisotopic (exact) mass is 252 g/mol. The second kappa shape index (κ2) is 6.72. The van der Waals surface area contributed by atoms with E-state index in [-0.39, 0.29) is 0 Å². The molecular formula is C16H32N2. The highest BCUT2D eigenvalue weighted by atomic mass is 15.2. The van der Waals surface area contributed by atoms with E-state index in [1.54, 1.807) is 5.57 Å². The molecule has 0 saturated carbocycles. The summed E-state index contributed by atoms with van der Waals surface area (Å²) in [6.07, 6.45) is 3.70. The van der Waals surface area contributed by atoms with Gasteiger partial charge in [-0.15, -0.1) is 0 Å². The van der Waals surface area contributed by atoms with Crippen molar-refractivity contribution < 1.29 is 0 Å². The first-order chi connectivity index (χ1) is 8.36. The molecule has 2 nitrogen and oxygen atoms in total. The minimum atomic E-state index is 0.348. The van der Waals surface area contributed by atoms with Gasteiger partial charge in [0.15, 0.2) is 0 Å². The highest BCUT2D eigenvalue weighted by Gasteiger charge is 2.26. The molecule has 1 rings (SSSR count). The lowest BCUT2D eigenvalue weighted by Gasteiger charge is -2.38. The van der Waals surface area contributed by atoms with Crippen molar-refractivity contribution in [2.45, 2.75) is 54.0 Å². The Morgan fingerprint density at radius 1 is 1.33 bits per heavy atom. The summed E-state index contributed by atoms with van der Waals surface area (Å²) in [6.45, 7) is 18.4. The Morgan fingerprint density at radius 3 is 2.39 bits per heavy atom. The van der Waals surface area contributed by atoms with Crippen molar-refractivity contribution in [3.05, 3.63) is 11.6 Å². The Balaban J connectivity index is 2.61. The van der Waals surface area contributed by atoms with Crippen LogP contribution in [0.25, 0.3) is 0 Å². The van der Waals surface area contributed by atoms with Gasteiger partial charge in [0.05, 0.1) is 0 Å². The molecule has 0 radical (unpaired) electrons. The van der Waals surface area contributed by atoms with Crippen LogP contribution in [-0.4, -0.2) is 37.1 Å². The molecule has 1 heterocycles. The molecule has 0 spiro atoms. The molecule has 1 atom stereocenters. The van der Waals surface area contributed by atoms with Gasteiger partial charge in [-0.25, -0.2) is 0 Å². The van der Waals surface area contributed by atoms with E-state index in [0.717, 1.165) is 19.6 Å². The summed E-state index contributed by atoms with van der Waals surface area (Å²) in [5.74, 6) is 0.716. The first kappa shape index (κ1) is 15.7. The SMILES string of the molecule is CCNCC(C(C)C)N1CC=C(C(C)(C)C)CC1. The number of likely N-dealkylation sites (N-methyl/N-ethyl adjacent to an activating group) is 1. The lowest BCUT2D eigenvalue weighted by atomic mass is 9.82. The molecule has 0 amide bonds. The van der Waals surface area contributed by atoms with Crippen molar-refractivity contribution in [1.29, 1.82) is 0 Å². The third-order valence-electron chi connectivity index (χ3n) is 4.05. The van der Waals surface area contributed by atoms with Gasteiger partial charge >= 0.3 is 0 Å². The lowest BCUT2D eigenvalue weighted by molar-refractivity contribution is 0.159. The zero-order valence-electron chi connectivity index (χ0n) is 13.2. The number of hydrogen-bond acceptors (Lipinski definition) is 2. The Hall–Kier alpha value is -0.340. The molecule has 2 heteroatoms. The average molecular weight is 252 g/mol. The van der Waals surface area contributed by atoms with Crippen LogP contribution in [0.1, 0.15) is 48.0 Å². The van der Waals surface area contributed by atoms with Crippen molar-refractivity contribution in [3.63, 3.8) is 0 Å². The van der Waals surface area contributed by atoms with Gasteiger partial charge in [0.2, 0.25) is 0 Å². The van der Waals surface area contributed by atoms with E-state index >= 15 is 0 Å². The molecule has 0 aromatic carbocycles. The quantitative estimate of drug-likeness (QED) is 0.755. The molecule has 0 saturated heterocycles. The summed E-state index contributed by atoms with van der Waals surface area (Å²) in [6, 6.07) is 0.669. The van der Waals surface area contributed by atoms with Gasteiger partial charge < -0.3 is 5.32 Å². The van der Waals surface area contributed by atoms with Crippen LogP contribution < -0.4 is 5.32 Å². The number of rotatable bonds is 5. The van der Waals surface area contributed by atoms with Gasteiger partial charge in [-0.3, -0.25) is 4.90 Å². The van der Waals surface area contributed by atoms with Gasteiger partial charge in [-0.1, -0.05) is 53.2 Å². The highest BCUT2D eigenvalue weighted by Crippen LogP contribution is 2.31. The molecule has 1 aliphatic rings. The van der Waals surface area contributed by atoms with E-state index in [9.17, 15) is 0 Å². The van der Waals surface area contributed by atoms with Crippen LogP contribution >= 0.6 is 0 Å². The van der Waals surface area contributed by atoms with Gasteiger partial charge in [-0.2, -0.15) is 0 Å². The van der Waals surface area contributed by atoms with Gasteiger partial charge in [-0.05, 0) is 24.3 Å². The van der Waals surface area contributed by atoms with Crippen LogP contribution in [0.5, 0.6) is 0 Å². The summed E-state index contributed by atoms with van der Waals surface area (Å²) in [7, 11) is 0. The Kier molecular flexibility index (Phi) is 5.87. The maximum atomic E-state index is 3.51. The summed E-state index contributed by atoms with van der Waals surface area (Å²) < 4.78 is 0. The fraction of sp³-hybridized carbons (Fsp3) is 0.875. The summed E-state index contributed by atoms with van der Waals surface area (Å²) >= 11 is 0. The van der Waals surface area contributed by atoms with E-state index in [0.29, 0.717) is 17.4 Å². The van der Waals surface area contributed by atoms with Gasteiger partial charge in [0, 0.05) is 25.7 Å². The molecule has 0 aliphatic carbocycles. The normalized spacial score (nSPS) is 20.1. The highest BCUT2D eigenvalue weighted by molar-refractivity contribution is 5.15. The predicted octanol–water partition coefficient (Wildman–Crippen LogP) is 3.30. The molecule has 106 valence electrons. The smallest absolute Gasteiger partial charge is 0.0247 e. The zero-order valence-corrected chi connectivity index (χ0v) is 13.2. The molecule has 0 fully saturated rings. The van der Waals surface area contributed by atoms with Crippen LogP contribution in [0.15, 0.2) is 11.6 Å². The second-order valence-electron chi connectivity index (χ2n) is 6.84. The zero-order chi connectivity index (χ0) is 13.8. The molecule has 0 bridgehead atoms. The van der Waals surface area contributed by atoms with E-state index in [1.807, 2.05) is 0 Å². The first-order valence-electron chi connectivity index (χ1n) is 7.50. The van der Waals surface area contributed by atoms with E-state index in [1.165, 1.54) is 13.0 Å². The second-order valence-corrected chi connectivity index (χ2v) is 6.84. The Bertz CT molecular complexity index is 273. The molecule has 0 aromatic rings. The predicted molar refractivity (Wildman–Crippen MR) is 80.9 cm³/mol. The maximum Gasteiger partial charge on any atom is 0.0247 e. The van der Waals surface area contributed by atoms with Crippen molar-refractivity contribution in [2.24, 2.45) is 11.3 Å². The van der Waals surface area contributed by atoms with Crippen molar-refractivity contribution >= 4 is 0 Å². The number of nitrogens with zero attached hydrogens (tertiary/aromatic N) is 1. The van der Waals surface area contributed by atoms with Crippen LogP contribution in [-0.2, 0) is 0 Å². The lowest BCUT2D eigenvalue weighted by Crippen LogP contribution is -2.47. The Labute approximate surface area is 114 Å². The van der Waals surface area contributed by atoms with Crippen molar-refractivity contribution in [2.75, 3.05) is 26.2 Å². The van der Waals surface area contributed by atoms with Gasteiger partial charge in [0.1, 0.15) is 0 Å². The Morgan fingerprint density at radius 2 is 2.00 bits per heavy atom. The standard InChI is InChI=1S/C16H32N2/c1-7-17-12-15(13(2)3)18-10-8-14(9-11-18)16(4,5)6/h8,13,15,17H,7,9-12H2,1-6H3. The summed E-state index contributed by atoms with van der Waals surface area (Å²) in [4.78, 5) is 2.64. The van der Waals surface area contributed by atoms with E-state index < -0.39 is 0 Å². The average Bonchev–Trinajstić information content (AvgIpc) is 2.28. The van der Waals surface area contributed by atoms with Crippen LogP contribution in [0, 0.1) is 11.3 Å². The minimum Gasteiger partial charge on any atom is -0.315 e. The molecule has 1 aliphatic heterocycles. The van der Waals surface area contributed by atoms with Crippen LogP contribution in [0.3, 0.4) is 0 Å². The molecule has 0 aromatic heterocycles. The van der Waals surface area contributed by atoms with Crippen LogP contribution in [0.4, 0.5) is 0 Å². The maximum absolute atomic E-state index is 3.51. The van der Waals surface area contributed by atoms with Crippen LogP contribution in [0.2, 0.25) is 0 Å². The molecule has 1 unspecified atom stereocenters. The summed E-state index contributed by atoms with van der Waals surface area (Å²) in [5.41, 5.74) is 1.98. The fourth-order valence-corrected chi connectivity index (χ4v) is 2.75. The first-order valence-corrected chi connectivity index (χ1v) is 7.50. The topological polar surface area (TPSA) is 15.3 Å². The van der Waals surface area contributed by atoms with E-state index in [4.69, 9.17) is 0 Å². The number of hydrogen-bond donors (Lipinski definition) is 1. The summed E-state index contributed by atoms with van der Waals surface area (Å²) in [5, 5.41) is 3.51. The fourth-order valence-electron chi connectivity index (χ4n) is 2.75. The molecular weight excluding hydrogens is 220 g/mol.